The lowest BCUT2D eigenvalue weighted by molar-refractivity contribution is -0.130. The molecule has 3 aromatic rings. The zero-order valence-electron chi connectivity index (χ0n) is 16.8. The zero-order chi connectivity index (χ0) is 21.7. The summed E-state index contributed by atoms with van der Waals surface area (Å²) >= 11 is 0. The summed E-state index contributed by atoms with van der Waals surface area (Å²) in [6.07, 6.45) is 0. The van der Waals surface area contributed by atoms with Gasteiger partial charge in [-0.25, -0.2) is 5.41 Å². The van der Waals surface area contributed by atoms with Gasteiger partial charge in [0, 0.05) is 16.7 Å². The molecule has 0 spiro atoms. The molecule has 0 aliphatic heterocycles. The normalized spacial score (nSPS) is 10.2. The molecule has 0 aliphatic carbocycles. The number of hydrogen-bond acceptors (Lipinski definition) is 5. The smallest absolute Gasteiger partial charge is 0.373 e. The van der Waals surface area contributed by atoms with Crippen LogP contribution in [-0.2, 0) is 9.47 Å². The second kappa shape index (κ2) is 8.96. The van der Waals surface area contributed by atoms with Crippen molar-refractivity contribution >= 4 is 23.6 Å². The average Bonchev–Trinajstić information content (AvgIpc) is 2.74. The number of nitrogens with two attached hydrogens (primary N) is 1. The van der Waals surface area contributed by atoms with Crippen LogP contribution in [0.4, 0.5) is 0 Å². The van der Waals surface area contributed by atoms with Gasteiger partial charge in [0.1, 0.15) is 0 Å². The molecule has 0 saturated heterocycles. The fraction of sp³-hybridized carbons (Fsp3) is 0.0833. The molecule has 0 unspecified atom stereocenters. The van der Waals surface area contributed by atoms with Gasteiger partial charge in [-0.1, -0.05) is 41.5 Å². The van der Waals surface area contributed by atoms with E-state index >= 15 is 0 Å². The summed E-state index contributed by atoms with van der Waals surface area (Å²) in [5.41, 5.74) is 4.31. The van der Waals surface area contributed by atoms with Crippen LogP contribution >= 0.6 is 0 Å². The molecule has 150 valence electrons. The molecule has 3 aromatic carbocycles. The van der Waals surface area contributed by atoms with Crippen molar-refractivity contribution in [2.75, 3.05) is 0 Å². The minimum absolute atomic E-state index is 0.117. The van der Waals surface area contributed by atoms with Crippen LogP contribution in [-0.4, -0.2) is 23.6 Å². The lowest BCUT2D eigenvalue weighted by atomic mass is 10.1. The molecule has 0 radical (unpaired) electrons. The third-order valence-electron chi connectivity index (χ3n) is 4.45. The Hall–Kier alpha value is -4.06. The highest BCUT2D eigenvalue weighted by atomic mass is 16.5. The summed E-state index contributed by atoms with van der Waals surface area (Å²) in [4.78, 5) is 0. The number of rotatable bonds is 4. The molecule has 0 saturated carbocycles. The first-order chi connectivity index (χ1) is 14.3. The van der Waals surface area contributed by atoms with E-state index in [9.17, 15) is 0 Å². The summed E-state index contributed by atoms with van der Waals surface area (Å²) in [6.45, 7) is 3.94. The summed E-state index contributed by atoms with van der Waals surface area (Å²) < 4.78 is 10.9. The van der Waals surface area contributed by atoms with Gasteiger partial charge in [-0.3, -0.25) is 16.2 Å². The van der Waals surface area contributed by atoms with Crippen molar-refractivity contribution in [2.24, 2.45) is 0 Å². The number of nitrogens with one attached hydrogen (secondary N) is 3. The SMILES string of the molecule is Cc1ccc(C(=N)OC(=N)c2cccc(C(=N)OC(=[NH2+])c3ccc(C)cc3)c2)cc1. The number of hydrogen-bond donors (Lipinski definition) is 4. The Kier molecular flexibility index (Phi) is 6.17. The Balaban J connectivity index is 1.68. The second-order valence-corrected chi connectivity index (χ2v) is 6.87. The molecule has 0 amide bonds. The first-order valence-electron chi connectivity index (χ1n) is 9.32. The van der Waals surface area contributed by atoms with Gasteiger partial charge < -0.3 is 9.47 Å². The predicted octanol–water partition coefficient (Wildman–Crippen LogP) is 3.22. The third kappa shape index (κ3) is 5.05. The molecule has 0 aromatic heterocycles. The molecule has 5 N–H and O–H groups in total. The van der Waals surface area contributed by atoms with Crippen LogP contribution in [0.15, 0.2) is 72.8 Å². The first kappa shape index (κ1) is 20.7. The number of benzene rings is 3. The van der Waals surface area contributed by atoms with E-state index in [2.05, 4.69) is 0 Å². The van der Waals surface area contributed by atoms with Crippen molar-refractivity contribution in [3.63, 3.8) is 0 Å². The lowest BCUT2D eigenvalue weighted by Gasteiger charge is -2.10. The Morgan fingerprint density at radius 2 is 1.03 bits per heavy atom. The van der Waals surface area contributed by atoms with E-state index in [0.29, 0.717) is 22.3 Å². The molecule has 3 rings (SSSR count). The van der Waals surface area contributed by atoms with E-state index < -0.39 is 0 Å². The Bertz CT molecular complexity index is 1030. The highest BCUT2D eigenvalue weighted by molar-refractivity contribution is 6.07. The van der Waals surface area contributed by atoms with E-state index in [1.807, 2.05) is 50.2 Å². The molecule has 0 bridgehead atoms. The van der Waals surface area contributed by atoms with Gasteiger partial charge in [-0.15, -0.1) is 0 Å². The van der Waals surface area contributed by atoms with Crippen LogP contribution in [0.1, 0.15) is 33.4 Å². The van der Waals surface area contributed by atoms with Crippen LogP contribution in [0.2, 0.25) is 0 Å². The van der Waals surface area contributed by atoms with Crippen LogP contribution < -0.4 is 5.41 Å². The molecule has 6 nitrogen and oxygen atoms in total. The summed E-state index contributed by atoms with van der Waals surface area (Å²) in [7, 11) is 0. The lowest BCUT2D eigenvalue weighted by Crippen LogP contribution is -2.43. The zero-order valence-corrected chi connectivity index (χ0v) is 16.8. The summed E-state index contributed by atoms with van der Waals surface area (Å²) in [6, 6.07) is 21.4. The largest absolute Gasteiger partial charge is 0.421 e. The fourth-order valence-electron chi connectivity index (χ4n) is 2.67. The van der Waals surface area contributed by atoms with Crippen LogP contribution in [0, 0.1) is 30.1 Å². The molecule has 30 heavy (non-hydrogen) atoms. The Morgan fingerprint density at radius 1 is 0.600 bits per heavy atom. The molecule has 0 aliphatic rings. The molecular formula is C24H23N4O2+. The minimum atomic E-state index is -0.189. The van der Waals surface area contributed by atoms with Gasteiger partial charge in [-0.05, 0) is 56.3 Å². The van der Waals surface area contributed by atoms with Gasteiger partial charge in [0.25, 0.3) is 0 Å². The maximum absolute atomic E-state index is 8.21. The van der Waals surface area contributed by atoms with Crippen molar-refractivity contribution in [3.05, 3.63) is 106 Å². The van der Waals surface area contributed by atoms with Crippen molar-refractivity contribution < 1.29 is 14.9 Å². The van der Waals surface area contributed by atoms with E-state index in [1.54, 1.807) is 36.4 Å². The molecule has 0 fully saturated rings. The van der Waals surface area contributed by atoms with Crippen LogP contribution in [0.25, 0.3) is 0 Å². The van der Waals surface area contributed by atoms with E-state index in [1.165, 1.54) is 0 Å². The van der Waals surface area contributed by atoms with Gasteiger partial charge in [0.05, 0.1) is 5.56 Å². The number of aryl methyl sites for hydroxylation is 2. The first-order valence-corrected chi connectivity index (χ1v) is 9.32. The highest BCUT2D eigenvalue weighted by Crippen LogP contribution is 2.12. The Morgan fingerprint density at radius 3 is 1.57 bits per heavy atom. The highest BCUT2D eigenvalue weighted by Gasteiger charge is 2.15. The molecule has 0 atom stereocenters. The van der Waals surface area contributed by atoms with Crippen LogP contribution in [0.3, 0.4) is 0 Å². The van der Waals surface area contributed by atoms with Gasteiger partial charge in [0.2, 0.25) is 17.7 Å². The molecule has 6 heteroatoms. The minimum Gasteiger partial charge on any atom is -0.421 e. The monoisotopic (exact) mass is 399 g/mol. The average molecular weight is 399 g/mol. The third-order valence-corrected chi connectivity index (χ3v) is 4.45. The molecular weight excluding hydrogens is 376 g/mol. The summed E-state index contributed by atoms with van der Waals surface area (Å²) in [5, 5.41) is 30.4. The maximum atomic E-state index is 8.21. The van der Waals surface area contributed by atoms with Crippen LogP contribution in [0.5, 0.6) is 0 Å². The van der Waals surface area contributed by atoms with E-state index in [-0.39, 0.29) is 23.6 Å². The van der Waals surface area contributed by atoms with Gasteiger partial charge in [-0.2, -0.15) is 0 Å². The van der Waals surface area contributed by atoms with Crippen molar-refractivity contribution in [1.29, 1.82) is 16.2 Å². The van der Waals surface area contributed by atoms with E-state index in [4.69, 9.17) is 31.1 Å². The summed E-state index contributed by atoms with van der Waals surface area (Å²) in [5.74, 6) is -0.325. The van der Waals surface area contributed by atoms with E-state index in [0.717, 1.165) is 11.1 Å². The van der Waals surface area contributed by atoms with Gasteiger partial charge in [0.15, 0.2) is 0 Å². The fourth-order valence-corrected chi connectivity index (χ4v) is 2.67. The Labute approximate surface area is 175 Å². The number of ether oxygens (including phenoxy) is 2. The van der Waals surface area contributed by atoms with Crippen molar-refractivity contribution in [1.82, 2.24) is 0 Å². The second-order valence-electron chi connectivity index (χ2n) is 6.87. The van der Waals surface area contributed by atoms with Gasteiger partial charge >= 0.3 is 5.90 Å². The predicted molar refractivity (Wildman–Crippen MR) is 117 cm³/mol. The van der Waals surface area contributed by atoms with Crippen molar-refractivity contribution in [3.8, 4) is 0 Å². The topological polar surface area (TPSA) is 116 Å². The standard InChI is InChI=1S/C24H22N4O2/c1-15-6-10-17(11-7-15)21(25)29-23(27)19-4-3-5-20(14-19)24(28)30-22(26)18-12-8-16(2)9-13-18/h3-14,25-28H,1-2H3/p+1. The maximum Gasteiger partial charge on any atom is 0.373 e. The quantitative estimate of drug-likeness (QED) is 0.398. The molecule has 0 heterocycles. The van der Waals surface area contributed by atoms with Crippen molar-refractivity contribution in [2.45, 2.75) is 13.8 Å².